The zero-order valence-electron chi connectivity index (χ0n) is 16.3. The van der Waals surface area contributed by atoms with E-state index in [1.807, 2.05) is 36.4 Å². The van der Waals surface area contributed by atoms with Crippen LogP contribution in [-0.4, -0.2) is 38.0 Å². The van der Waals surface area contributed by atoms with Gasteiger partial charge in [-0.05, 0) is 54.2 Å². The van der Waals surface area contributed by atoms with Crippen LogP contribution in [0.2, 0.25) is 0 Å². The molecule has 148 valence electrons. The van der Waals surface area contributed by atoms with Crippen molar-refractivity contribution in [3.8, 4) is 11.5 Å². The molecule has 0 amide bonds. The summed E-state index contributed by atoms with van der Waals surface area (Å²) in [5.41, 5.74) is 2.33. The predicted octanol–water partition coefficient (Wildman–Crippen LogP) is 4.52. The minimum absolute atomic E-state index is 0.0298. The lowest BCUT2D eigenvalue weighted by Crippen LogP contribution is -2.46. The Morgan fingerprint density at radius 2 is 1.86 bits per heavy atom. The van der Waals surface area contributed by atoms with Gasteiger partial charge in [0.2, 0.25) is 0 Å². The summed E-state index contributed by atoms with van der Waals surface area (Å²) >= 11 is 0. The lowest BCUT2D eigenvalue weighted by atomic mass is 9.89. The van der Waals surface area contributed by atoms with Gasteiger partial charge < -0.3 is 9.64 Å². The molecule has 1 saturated heterocycles. The van der Waals surface area contributed by atoms with Crippen LogP contribution in [0.3, 0.4) is 0 Å². The van der Waals surface area contributed by atoms with E-state index >= 15 is 0 Å². The standard InChI is InChI=1S/C22H26N2O3S/c1-16(2)18-5-3-6-20(15-18)27-19-10-8-17(9-11-19)21-7-4-12-24-13-14-28(25,26)23-22(21)24/h3,5-6,8-11,15-16,21H,4,7,12-14H2,1-2H3/t21-/m0/s1. The number of fused-ring (bicyclic) bond motifs is 1. The number of sulfonamides is 1. The predicted molar refractivity (Wildman–Crippen MR) is 112 cm³/mol. The van der Waals surface area contributed by atoms with Crippen LogP contribution < -0.4 is 4.74 Å². The number of hydrogen-bond donors (Lipinski definition) is 0. The monoisotopic (exact) mass is 398 g/mol. The molecule has 2 aliphatic heterocycles. The fourth-order valence-corrected chi connectivity index (χ4v) is 4.94. The van der Waals surface area contributed by atoms with Crippen LogP contribution in [0.4, 0.5) is 0 Å². The molecule has 0 aromatic heterocycles. The zero-order chi connectivity index (χ0) is 19.7. The molecule has 1 fully saturated rings. The quantitative estimate of drug-likeness (QED) is 0.760. The van der Waals surface area contributed by atoms with Crippen LogP contribution in [0, 0.1) is 0 Å². The van der Waals surface area contributed by atoms with Crippen molar-refractivity contribution in [2.45, 2.75) is 38.5 Å². The number of piperidine rings is 1. The van der Waals surface area contributed by atoms with Gasteiger partial charge in [0.05, 0.1) is 5.75 Å². The lowest BCUT2D eigenvalue weighted by Gasteiger charge is -2.37. The normalized spacial score (nSPS) is 21.2. The van der Waals surface area contributed by atoms with Gasteiger partial charge in [-0.25, -0.2) is 8.42 Å². The number of hydrogen-bond acceptors (Lipinski definition) is 4. The van der Waals surface area contributed by atoms with E-state index in [-0.39, 0.29) is 11.7 Å². The number of amidine groups is 1. The summed E-state index contributed by atoms with van der Waals surface area (Å²) in [6, 6.07) is 16.1. The summed E-state index contributed by atoms with van der Waals surface area (Å²) in [6.45, 7) is 5.76. The first-order valence-electron chi connectivity index (χ1n) is 9.86. The van der Waals surface area contributed by atoms with Crippen molar-refractivity contribution in [3.05, 3.63) is 59.7 Å². The maximum Gasteiger partial charge on any atom is 0.256 e. The van der Waals surface area contributed by atoms with Crippen LogP contribution in [-0.2, 0) is 10.0 Å². The largest absolute Gasteiger partial charge is 0.457 e. The molecule has 0 N–H and O–H groups in total. The van der Waals surface area contributed by atoms with Gasteiger partial charge in [-0.2, -0.15) is 0 Å². The summed E-state index contributed by atoms with van der Waals surface area (Å²) < 4.78 is 34.1. The van der Waals surface area contributed by atoms with Crippen molar-refractivity contribution < 1.29 is 13.2 Å². The molecule has 4 rings (SSSR count). The Hall–Kier alpha value is -2.34. The highest BCUT2D eigenvalue weighted by Crippen LogP contribution is 2.33. The summed E-state index contributed by atoms with van der Waals surface area (Å²) in [5.74, 6) is 2.90. The molecular formula is C22H26N2O3S. The first-order chi connectivity index (χ1) is 13.4. The molecule has 2 aromatic carbocycles. The third-order valence-electron chi connectivity index (χ3n) is 5.45. The minimum atomic E-state index is -3.33. The van der Waals surface area contributed by atoms with Gasteiger partial charge in [-0.3, -0.25) is 0 Å². The van der Waals surface area contributed by atoms with Crippen LogP contribution in [0.1, 0.15) is 49.7 Å². The first kappa shape index (κ1) is 19.0. The highest BCUT2D eigenvalue weighted by Gasteiger charge is 2.33. The molecule has 0 radical (unpaired) electrons. The Bertz CT molecular complexity index is 981. The van der Waals surface area contributed by atoms with E-state index in [1.54, 1.807) is 0 Å². The number of rotatable bonds is 4. The van der Waals surface area contributed by atoms with Crippen LogP contribution >= 0.6 is 0 Å². The summed E-state index contributed by atoms with van der Waals surface area (Å²) in [4.78, 5) is 2.12. The summed E-state index contributed by atoms with van der Waals surface area (Å²) in [6.07, 6.45) is 1.96. The number of benzene rings is 2. The number of ether oxygens (including phenoxy) is 1. The molecule has 0 spiro atoms. The second kappa shape index (κ2) is 7.59. The van der Waals surface area contributed by atoms with Gasteiger partial charge >= 0.3 is 0 Å². The fourth-order valence-electron chi connectivity index (χ4n) is 3.87. The van der Waals surface area contributed by atoms with E-state index in [4.69, 9.17) is 4.74 Å². The third-order valence-corrected chi connectivity index (χ3v) is 6.61. The van der Waals surface area contributed by atoms with Gasteiger partial charge in [0, 0.05) is 19.0 Å². The lowest BCUT2D eigenvalue weighted by molar-refractivity contribution is 0.366. The molecule has 0 aliphatic carbocycles. The maximum absolute atomic E-state index is 12.0. The van der Waals surface area contributed by atoms with E-state index in [1.165, 1.54) is 5.56 Å². The summed E-state index contributed by atoms with van der Waals surface area (Å²) in [5, 5.41) is 0. The Morgan fingerprint density at radius 3 is 2.61 bits per heavy atom. The molecular weight excluding hydrogens is 372 g/mol. The molecule has 2 aromatic rings. The van der Waals surface area contributed by atoms with Crippen LogP contribution in [0.25, 0.3) is 0 Å². The molecule has 28 heavy (non-hydrogen) atoms. The van der Waals surface area contributed by atoms with Crippen molar-refractivity contribution >= 4 is 15.9 Å². The topological polar surface area (TPSA) is 59.0 Å². The summed E-state index contributed by atoms with van der Waals surface area (Å²) in [7, 11) is -3.33. The minimum Gasteiger partial charge on any atom is -0.457 e. The maximum atomic E-state index is 12.0. The smallest absolute Gasteiger partial charge is 0.256 e. The zero-order valence-corrected chi connectivity index (χ0v) is 17.2. The van der Waals surface area contributed by atoms with Crippen molar-refractivity contribution in [2.75, 3.05) is 18.8 Å². The van der Waals surface area contributed by atoms with E-state index in [9.17, 15) is 8.42 Å². The fraction of sp³-hybridized carbons (Fsp3) is 0.409. The van der Waals surface area contributed by atoms with Crippen molar-refractivity contribution in [1.29, 1.82) is 0 Å². The van der Waals surface area contributed by atoms with E-state index in [0.717, 1.165) is 36.4 Å². The second-order valence-electron chi connectivity index (χ2n) is 7.82. The van der Waals surface area contributed by atoms with E-state index < -0.39 is 10.0 Å². The SMILES string of the molecule is CC(C)c1cccc(Oc2ccc([C@@H]3CCCN4CCS(=O)(=O)N=C34)cc2)c1. The molecule has 2 aliphatic rings. The Labute approximate surface area is 167 Å². The molecule has 0 bridgehead atoms. The van der Waals surface area contributed by atoms with E-state index in [0.29, 0.717) is 18.3 Å². The molecule has 1 atom stereocenters. The second-order valence-corrected chi connectivity index (χ2v) is 9.57. The van der Waals surface area contributed by atoms with Gasteiger partial charge in [-0.1, -0.05) is 38.1 Å². The van der Waals surface area contributed by atoms with Crippen molar-refractivity contribution in [3.63, 3.8) is 0 Å². The molecule has 0 unspecified atom stereocenters. The van der Waals surface area contributed by atoms with Gasteiger partial charge in [0.25, 0.3) is 10.0 Å². The van der Waals surface area contributed by atoms with Gasteiger partial charge in [0.15, 0.2) is 0 Å². The average Bonchev–Trinajstić information content (AvgIpc) is 2.68. The molecule has 5 nitrogen and oxygen atoms in total. The van der Waals surface area contributed by atoms with Crippen molar-refractivity contribution in [2.24, 2.45) is 4.40 Å². The Balaban J connectivity index is 1.54. The van der Waals surface area contributed by atoms with Crippen LogP contribution in [0.15, 0.2) is 52.9 Å². The molecule has 6 heteroatoms. The van der Waals surface area contributed by atoms with Gasteiger partial charge in [-0.15, -0.1) is 4.40 Å². The third kappa shape index (κ3) is 4.07. The van der Waals surface area contributed by atoms with Crippen LogP contribution in [0.5, 0.6) is 11.5 Å². The molecule has 2 heterocycles. The number of nitrogens with zero attached hydrogens (tertiary/aromatic N) is 2. The first-order valence-corrected chi connectivity index (χ1v) is 11.5. The van der Waals surface area contributed by atoms with Crippen molar-refractivity contribution in [1.82, 2.24) is 4.90 Å². The highest BCUT2D eigenvalue weighted by molar-refractivity contribution is 7.90. The van der Waals surface area contributed by atoms with Gasteiger partial charge in [0.1, 0.15) is 17.3 Å². The Morgan fingerprint density at radius 1 is 1.07 bits per heavy atom. The average molecular weight is 399 g/mol. The Kier molecular flexibility index (Phi) is 5.15. The highest BCUT2D eigenvalue weighted by atomic mass is 32.2. The molecule has 0 saturated carbocycles. The van der Waals surface area contributed by atoms with E-state index in [2.05, 4.69) is 35.3 Å².